The Morgan fingerprint density at radius 2 is 2.46 bits per heavy atom. The van der Waals surface area contributed by atoms with Crippen LogP contribution in [0.4, 0.5) is 0 Å². The number of hydrogen-bond acceptors (Lipinski definition) is 5. The highest BCUT2D eigenvalue weighted by Gasteiger charge is 2.17. The van der Waals surface area contributed by atoms with E-state index in [4.69, 9.17) is 5.73 Å². The topological polar surface area (TPSA) is 69.4 Å². The first-order valence-corrected chi connectivity index (χ1v) is 4.53. The van der Waals surface area contributed by atoms with E-state index in [-0.39, 0.29) is 5.12 Å². The van der Waals surface area contributed by atoms with Crippen LogP contribution in [-0.4, -0.2) is 17.7 Å². The molecule has 0 aliphatic carbocycles. The molecule has 0 unspecified atom stereocenters. The molecule has 1 aliphatic rings. The van der Waals surface area contributed by atoms with Crippen LogP contribution in [-0.2, 0) is 14.3 Å². The Balaban J connectivity index is 2.68. The van der Waals surface area contributed by atoms with Crippen LogP contribution in [0.2, 0.25) is 0 Å². The molecule has 0 amide bonds. The number of rotatable bonds is 2. The highest BCUT2D eigenvalue weighted by atomic mass is 32.2. The molecule has 1 aliphatic heterocycles. The van der Waals surface area contributed by atoms with Crippen molar-refractivity contribution in [2.45, 2.75) is 6.92 Å². The molecule has 0 bridgehead atoms. The molecule has 70 valence electrons. The highest BCUT2D eigenvalue weighted by Crippen LogP contribution is 2.28. The second-order valence-electron chi connectivity index (χ2n) is 2.28. The first-order chi connectivity index (χ1) is 6.13. The van der Waals surface area contributed by atoms with Crippen molar-refractivity contribution >= 4 is 22.8 Å². The van der Waals surface area contributed by atoms with E-state index in [1.807, 2.05) is 0 Å². The molecule has 2 N–H and O–H groups in total. The van der Waals surface area contributed by atoms with Gasteiger partial charge in [-0.1, -0.05) is 0 Å². The molecule has 0 fully saturated rings. The summed E-state index contributed by atoms with van der Waals surface area (Å²) >= 11 is 0.932. The minimum atomic E-state index is -0.476. The zero-order valence-corrected chi connectivity index (χ0v) is 7.89. The standard InChI is InChI=1S/C8H9NO3S/c1-2-12-7(10)4-6-5(9)3-8(11)13-6/h3-4H,2,9H2,1H3/b6-4-. The van der Waals surface area contributed by atoms with Gasteiger partial charge < -0.3 is 10.5 Å². The van der Waals surface area contributed by atoms with Gasteiger partial charge in [-0.25, -0.2) is 4.79 Å². The third-order valence-electron chi connectivity index (χ3n) is 1.30. The molecule has 0 aromatic heterocycles. The van der Waals surface area contributed by atoms with E-state index in [0.717, 1.165) is 11.8 Å². The minimum Gasteiger partial charge on any atom is -0.463 e. The SMILES string of the molecule is CCOC(=O)/C=C1\SC(=O)C=C1N. The Kier molecular flexibility index (Phi) is 3.13. The van der Waals surface area contributed by atoms with Gasteiger partial charge in [-0.15, -0.1) is 0 Å². The molecule has 0 aromatic rings. The van der Waals surface area contributed by atoms with Gasteiger partial charge in [-0.2, -0.15) is 0 Å². The maximum Gasteiger partial charge on any atom is 0.331 e. The molecular weight excluding hydrogens is 190 g/mol. The molecule has 1 rings (SSSR count). The van der Waals surface area contributed by atoms with Crippen LogP contribution < -0.4 is 5.73 Å². The van der Waals surface area contributed by atoms with E-state index in [1.54, 1.807) is 6.92 Å². The monoisotopic (exact) mass is 199 g/mol. The lowest BCUT2D eigenvalue weighted by Crippen LogP contribution is -2.02. The van der Waals surface area contributed by atoms with Crippen LogP contribution in [0.15, 0.2) is 22.8 Å². The zero-order chi connectivity index (χ0) is 9.84. The van der Waals surface area contributed by atoms with Crippen LogP contribution in [0.5, 0.6) is 0 Å². The Morgan fingerprint density at radius 3 is 2.92 bits per heavy atom. The Labute approximate surface area is 79.8 Å². The van der Waals surface area contributed by atoms with Crippen molar-refractivity contribution in [3.05, 3.63) is 22.8 Å². The molecule has 13 heavy (non-hydrogen) atoms. The molecule has 0 saturated heterocycles. The Morgan fingerprint density at radius 1 is 1.77 bits per heavy atom. The first-order valence-electron chi connectivity index (χ1n) is 3.71. The molecule has 4 nitrogen and oxygen atoms in total. The summed E-state index contributed by atoms with van der Waals surface area (Å²) in [6.45, 7) is 2.02. The van der Waals surface area contributed by atoms with Gasteiger partial charge in [0.25, 0.3) is 0 Å². The summed E-state index contributed by atoms with van der Waals surface area (Å²) in [7, 11) is 0. The van der Waals surface area contributed by atoms with E-state index in [1.165, 1.54) is 12.2 Å². The highest BCUT2D eigenvalue weighted by molar-refractivity contribution is 8.18. The molecule has 0 atom stereocenters. The van der Waals surface area contributed by atoms with Gasteiger partial charge in [0.05, 0.1) is 12.3 Å². The number of ether oxygens (including phenoxy) is 1. The first kappa shape index (κ1) is 9.85. The van der Waals surface area contributed by atoms with Gasteiger partial charge >= 0.3 is 5.97 Å². The van der Waals surface area contributed by atoms with Crippen LogP contribution in [0.1, 0.15) is 6.92 Å². The van der Waals surface area contributed by atoms with E-state index in [2.05, 4.69) is 4.74 Å². The van der Waals surface area contributed by atoms with Crippen molar-refractivity contribution in [1.29, 1.82) is 0 Å². The second kappa shape index (κ2) is 4.13. The van der Waals surface area contributed by atoms with E-state index in [9.17, 15) is 9.59 Å². The summed E-state index contributed by atoms with van der Waals surface area (Å²) < 4.78 is 4.66. The Bertz CT molecular complexity index is 307. The quantitative estimate of drug-likeness (QED) is 0.519. The van der Waals surface area contributed by atoms with Crippen molar-refractivity contribution in [2.75, 3.05) is 6.61 Å². The molecule has 0 aromatic carbocycles. The Hall–Kier alpha value is -1.23. The average molecular weight is 199 g/mol. The summed E-state index contributed by atoms with van der Waals surface area (Å²) in [5.74, 6) is -0.476. The van der Waals surface area contributed by atoms with Crippen LogP contribution in [0.25, 0.3) is 0 Å². The van der Waals surface area contributed by atoms with Crippen LogP contribution in [0, 0.1) is 0 Å². The fraction of sp³-hybridized carbons (Fsp3) is 0.250. The summed E-state index contributed by atoms with van der Waals surface area (Å²) in [5.41, 5.74) is 5.78. The molecule has 0 spiro atoms. The number of thioether (sulfide) groups is 1. The summed E-state index contributed by atoms with van der Waals surface area (Å²) in [6.07, 6.45) is 2.51. The van der Waals surface area contributed by atoms with E-state index in [0.29, 0.717) is 17.2 Å². The van der Waals surface area contributed by atoms with E-state index >= 15 is 0 Å². The predicted molar refractivity (Wildman–Crippen MR) is 49.6 cm³/mol. The van der Waals surface area contributed by atoms with Crippen molar-refractivity contribution in [1.82, 2.24) is 0 Å². The number of esters is 1. The number of carbonyl (C=O) groups excluding carboxylic acids is 2. The largest absolute Gasteiger partial charge is 0.463 e. The fourth-order valence-electron chi connectivity index (χ4n) is 0.799. The lowest BCUT2D eigenvalue weighted by Gasteiger charge is -1.98. The predicted octanol–water partition coefficient (Wildman–Crippen LogP) is 0.549. The van der Waals surface area contributed by atoms with Crippen LogP contribution >= 0.6 is 11.8 Å². The number of carbonyl (C=O) groups is 2. The average Bonchev–Trinajstić information content (AvgIpc) is 2.30. The minimum absolute atomic E-state index is 0.159. The van der Waals surface area contributed by atoms with Crippen molar-refractivity contribution < 1.29 is 14.3 Å². The molecule has 0 saturated carbocycles. The third-order valence-corrected chi connectivity index (χ3v) is 2.20. The summed E-state index contributed by atoms with van der Waals surface area (Å²) in [6, 6.07) is 0. The summed E-state index contributed by atoms with van der Waals surface area (Å²) in [4.78, 5) is 22.2. The van der Waals surface area contributed by atoms with Gasteiger partial charge in [0.15, 0.2) is 0 Å². The fourth-order valence-corrected chi connectivity index (χ4v) is 1.53. The van der Waals surface area contributed by atoms with E-state index < -0.39 is 5.97 Å². The lowest BCUT2D eigenvalue weighted by atomic mass is 10.4. The van der Waals surface area contributed by atoms with Crippen LogP contribution in [0.3, 0.4) is 0 Å². The van der Waals surface area contributed by atoms with Crippen molar-refractivity contribution in [3.8, 4) is 0 Å². The van der Waals surface area contributed by atoms with Gasteiger partial charge in [-0.3, -0.25) is 4.79 Å². The number of hydrogen-bond donors (Lipinski definition) is 1. The molecule has 0 radical (unpaired) electrons. The second-order valence-corrected chi connectivity index (χ2v) is 3.33. The maximum atomic E-state index is 10.9. The molecular formula is C8H9NO3S. The smallest absolute Gasteiger partial charge is 0.331 e. The lowest BCUT2D eigenvalue weighted by molar-refractivity contribution is -0.137. The summed E-state index contributed by atoms with van der Waals surface area (Å²) in [5, 5.41) is -0.159. The normalized spacial score (nSPS) is 19.0. The molecule has 5 heteroatoms. The third kappa shape index (κ3) is 2.62. The van der Waals surface area contributed by atoms with Gasteiger partial charge in [0.2, 0.25) is 5.12 Å². The van der Waals surface area contributed by atoms with Gasteiger partial charge in [-0.05, 0) is 18.7 Å². The van der Waals surface area contributed by atoms with Gasteiger partial charge in [0.1, 0.15) is 0 Å². The van der Waals surface area contributed by atoms with Gasteiger partial charge in [0, 0.05) is 17.1 Å². The number of nitrogens with two attached hydrogens (primary N) is 1. The van der Waals surface area contributed by atoms with Crippen molar-refractivity contribution in [3.63, 3.8) is 0 Å². The van der Waals surface area contributed by atoms with Crippen molar-refractivity contribution in [2.24, 2.45) is 5.73 Å². The molecule has 1 heterocycles. The maximum absolute atomic E-state index is 10.9. The zero-order valence-electron chi connectivity index (χ0n) is 7.07.